The van der Waals surface area contributed by atoms with Gasteiger partial charge in [0, 0.05) is 22.7 Å². The molecule has 2 rings (SSSR count). The van der Waals surface area contributed by atoms with Crippen molar-refractivity contribution in [3.05, 3.63) is 58.5 Å². The predicted octanol–water partition coefficient (Wildman–Crippen LogP) is 2.84. The largest absolute Gasteiger partial charge is 0.398 e. The third-order valence-corrected chi connectivity index (χ3v) is 3.94. The molecule has 0 bridgehead atoms. The van der Waals surface area contributed by atoms with Gasteiger partial charge in [-0.1, -0.05) is 30.7 Å². The van der Waals surface area contributed by atoms with Crippen molar-refractivity contribution >= 4 is 28.9 Å². The van der Waals surface area contributed by atoms with Crippen molar-refractivity contribution < 1.29 is 9.18 Å². The van der Waals surface area contributed by atoms with Crippen molar-refractivity contribution in [1.82, 2.24) is 5.32 Å². The first-order valence-corrected chi connectivity index (χ1v) is 8.12. The van der Waals surface area contributed by atoms with E-state index in [1.165, 1.54) is 12.1 Å². The Kier molecular flexibility index (Phi) is 5.88. The number of nitrogen functional groups attached to an aromatic ring is 1. The normalized spacial score (nSPS) is 11.8. The van der Waals surface area contributed by atoms with Gasteiger partial charge in [0.15, 0.2) is 0 Å². The molecule has 0 aromatic heterocycles. The number of hydrogen-bond donors (Lipinski definition) is 4. The molecule has 0 aliphatic rings. The summed E-state index contributed by atoms with van der Waals surface area (Å²) in [6.45, 7) is 2.39. The molecule has 0 heterocycles. The molecule has 0 aliphatic carbocycles. The van der Waals surface area contributed by atoms with E-state index in [4.69, 9.17) is 28.8 Å². The van der Waals surface area contributed by atoms with Gasteiger partial charge in [-0.05, 0) is 36.2 Å². The van der Waals surface area contributed by atoms with E-state index in [2.05, 4.69) is 5.32 Å². The SMILES string of the molecule is CCCNC(=O)/C(N)=C(\N)c1ccc(F)c(-c2ccc(Cl)cc2)c1N. The van der Waals surface area contributed by atoms with Gasteiger partial charge in [-0.25, -0.2) is 4.39 Å². The lowest BCUT2D eigenvalue weighted by Crippen LogP contribution is -2.31. The van der Waals surface area contributed by atoms with Crippen LogP contribution in [-0.2, 0) is 4.79 Å². The number of carbonyl (C=O) groups is 1. The highest BCUT2D eigenvalue weighted by Gasteiger charge is 2.18. The van der Waals surface area contributed by atoms with E-state index < -0.39 is 11.7 Å². The summed E-state index contributed by atoms with van der Waals surface area (Å²) >= 11 is 5.87. The summed E-state index contributed by atoms with van der Waals surface area (Å²) < 4.78 is 14.3. The molecular formula is C18H20ClFN4O. The monoisotopic (exact) mass is 362 g/mol. The van der Waals surface area contributed by atoms with Gasteiger partial charge in [-0.2, -0.15) is 0 Å². The second-order valence-corrected chi connectivity index (χ2v) is 5.91. The maximum atomic E-state index is 14.3. The number of nitrogens with two attached hydrogens (primary N) is 3. The topological polar surface area (TPSA) is 107 Å². The van der Waals surface area contributed by atoms with Crippen molar-refractivity contribution in [3.63, 3.8) is 0 Å². The van der Waals surface area contributed by atoms with Crippen LogP contribution in [0.5, 0.6) is 0 Å². The van der Waals surface area contributed by atoms with Crippen LogP contribution in [0.25, 0.3) is 16.8 Å². The van der Waals surface area contributed by atoms with Crippen LogP contribution < -0.4 is 22.5 Å². The first kappa shape index (κ1) is 18.6. The lowest BCUT2D eigenvalue weighted by molar-refractivity contribution is -0.117. The molecule has 0 aliphatic heterocycles. The van der Waals surface area contributed by atoms with Crippen LogP contribution in [0.2, 0.25) is 5.02 Å². The number of rotatable bonds is 5. The van der Waals surface area contributed by atoms with E-state index in [1.54, 1.807) is 24.3 Å². The Balaban J connectivity index is 2.51. The lowest BCUT2D eigenvalue weighted by atomic mass is 9.97. The number of amides is 1. The molecule has 0 radical (unpaired) electrons. The summed E-state index contributed by atoms with van der Waals surface area (Å²) in [5.74, 6) is -0.999. The smallest absolute Gasteiger partial charge is 0.269 e. The summed E-state index contributed by atoms with van der Waals surface area (Å²) in [6.07, 6.45) is 0.762. The molecule has 0 saturated carbocycles. The summed E-state index contributed by atoms with van der Waals surface area (Å²) in [7, 11) is 0. The first-order chi connectivity index (χ1) is 11.9. The second kappa shape index (κ2) is 7.90. The molecule has 1 amide bonds. The number of hydrogen-bond acceptors (Lipinski definition) is 4. The first-order valence-electron chi connectivity index (χ1n) is 7.74. The van der Waals surface area contributed by atoms with E-state index in [0.29, 0.717) is 22.7 Å². The third kappa shape index (κ3) is 4.03. The Morgan fingerprint density at radius 1 is 1.16 bits per heavy atom. The molecule has 25 heavy (non-hydrogen) atoms. The molecule has 0 saturated heterocycles. The van der Waals surface area contributed by atoms with Crippen molar-refractivity contribution in [3.8, 4) is 11.1 Å². The minimum atomic E-state index is -0.509. The average Bonchev–Trinajstić information content (AvgIpc) is 2.60. The van der Waals surface area contributed by atoms with Crippen LogP contribution in [0.3, 0.4) is 0 Å². The summed E-state index contributed by atoms with van der Waals surface area (Å²) in [6, 6.07) is 9.21. The van der Waals surface area contributed by atoms with Gasteiger partial charge in [0.1, 0.15) is 11.5 Å². The molecule has 5 nitrogen and oxygen atoms in total. The fourth-order valence-corrected chi connectivity index (χ4v) is 2.46. The lowest BCUT2D eigenvalue weighted by Gasteiger charge is -2.15. The number of nitrogens with one attached hydrogen (secondary N) is 1. The zero-order chi connectivity index (χ0) is 18.6. The highest BCUT2D eigenvalue weighted by molar-refractivity contribution is 6.30. The number of halogens is 2. The van der Waals surface area contributed by atoms with Crippen LogP contribution in [0.15, 0.2) is 42.1 Å². The van der Waals surface area contributed by atoms with E-state index in [1.807, 2.05) is 6.92 Å². The number of carbonyl (C=O) groups excluding carboxylic acids is 1. The highest BCUT2D eigenvalue weighted by atomic mass is 35.5. The molecule has 7 heteroatoms. The van der Waals surface area contributed by atoms with Crippen LogP contribution in [-0.4, -0.2) is 12.5 Å². The number of benzene rings is 2. The van der Waals surface area contributed by atoms with E-state index in [0.717, 1.165) is 6.42 Å². The number of anilines is 1. The molecule has 0 spiro atoms. The Morgan fingerprint density at radius 2 is 1.80 bits per heavy atom. The quantitative estimate of drug-likeness (QED) is 0.484. The zero-order valence-corrected chi connectivity index (χ0v) is 14.5. The van der Waals surface area contributed by atoms with Crippen LogP contribution >= 0.6 is 11.6 Å². The van der Waals surface area contributed by atoms with E-state index in [9.17, 15) is 9.18 Å². The highest BCUT2D eigenvalue weighted by Crippen LogP contribution is 2.34. The standard InChI is InChI=1S/C18H20ClFN4O/c1-2-9-24-18(25)17(23)16(22)12-7-8-13(20)14(15(12)21)10-3-5-11(19)6-4-10/h3-8H,2,9,21-23H2,1H3,(H,24,25)/b17-16+. The molecule has 2 aromatic rings. The van der Waals surface area contributed by atoms with Gasteiger partial charge >= 0.3 is 0 Å². The summed E-state index contributed by atoms with van der Waals surface area (Å²) in [5.41, 5.74) is 18.9. The average molecular weight is 363 g/mol. The van der Waals surface area contributed by atoms with E-state index in [-0.39, 0.29) is 22.6 Å². The Morgan fingerprint density at radius 3 is 2.40 bits per heavy atom. The molecule has 132 valence electrons. The van der Waals surface area contributed by atoms with Crippen molar-refractivity contribution in [2.45, 2.75) is 13.3 Å². The van der Waals surface area contributed by atoms with Crippen molar-refractivity contribution in [2.24, 2.45) is 11.5 Å². The van der Waals surface area contributed by atoms with Gasteiger partial charge in [0.25, 0.3) is 5.91 Å². The fraction of sp³-hybridized carbons (Fsp3) is 0.167. The maximum Gasteiger partial charge on any atom is 0.269 e. The van der Waals surface area contributed by atoms with Crippen molar-refractivity contribution in [2.75, 3.05) is 12.3 Å². The Bertz CT molecular complexity index is 819. The Hall–Kier alpha value is -2.73. The van der Waals surface area contributed by atoms with Gasteiger partial charge in [0.05, 0.1) is 11.4 Å². The van der Waals surface area contributed by atoms with Crippen molar-refractivity contribution in [1.29, 1.82) is 0 Å². The van der Waals surface area contributed by atoms with E-state index >= 15 is 0 Å². The summed E-state index contributed by atoms with van der Waals surface area (Å²) in [5, 5.41) is 3.16. The minimum absolute atomic E-state index is 0.00122. The molecule has 0 fully saturated rings. The second-order valence-electron chi connectivity index (χ2n) is 5.47. The van der Waals surface area contributed by atoms with Gasteiger partial charge in [-0.3, -0.25) is 4.79 Å². The van der Waals surface area contributed by atoms with Gasteiger partial charge in [-0.15, -0.1) is 0 Å². The van der Waals surface area contributed by atoms with Crippen LogP contribution in [0.4, 0.5) is 10.1 Å². The maximum absolute atomic E-state index is 14.3. The fourth-order valence-electron chi connectivity index (χ4n) is 2.34. The van der Waals surface area contributed by atoms with Crippen LogP contribution in [0.1, 0.15) is 18.9 Å². The van der Waals surface area contributed by atoms with Crippen LogP contribution in [0, 0.1) is 5.82 Å². The predicted molar refractivity (Wildman–Crippen MR) is 99.9 cm³/mol. The molecule has 2 aromatic carbocycles. The minimum Gasteiger partial charge on any atom is -0.398 e. The Labute approximate surface area is 150 Å². The van der Waals surface area contributed by atoms with Gasteiger partial charge in [0.2, 0.25) is 0 Å². The third-order valence-electron chi connectivity index (χ3n) is 3.69. The molecule has 0 atom stereocenters. The summed E-state index contributed by atoms with van der Waals surface area (Å²) in [4.78, 5) is 12.0. The van der Waals surface area contributed by atoms with Gasteiger partial charge < -0.3 is 22.5 Å². The molecule has 0 unspecified atom stereocenters. The zero-order valence-electron chi connectivity index (χ0n) is 13.8. The molecular weight excluding hydrogens is 343 g/mol. The molecule has 7 N–H and O–H groups in total.